The predicted molar refractivity (Wildman–Crippen MR) is 234 cm³/mol. The average molecular weight is 895 g/mol. The Bertz CT molecular complexity index is 1570. The Kier molecular flexibility index (Phi) is 23.5. The number of carbonyl (C=O) groups is 6. The number of carbonyl (C=O) groups excluding carboxylic acids is 6. The van der Waals surface area contributed by atoms with Crippen LogP contribution in [0.25, 0.3) is 0 Å². The highest BCUT2D eigenvalue weighted by Gasteiger charge is 2.63. The van der Waals surface area contributed by atoms with Gasteiger partial charge in [0.25, 0.3) is 0 Å². The minimum absolute atomic E-state index is 0.0427. The van der Waals surface area contributed by atoms with E-state index in [2.05, 4.69) is 6.92 Å². The SMILES string of the molecule is C/C=C\[C@H](C)[C@H]1O[C@]1(C)[C@@H](O)[C@H]1COC(=O)[C@H](O)[C@@H](OC)[C@H](C)C(=O)[C@H](C)[C@@H](OC(C)=O)/C(C)=C/[C@H](C)C(=O)C[C@H](O)[C@](O)(COC(=O)CCCCCCCCCCCCC)C1=O. The van der Waals surface area contributed by atoms with E-state index in [0.717, 1.165) is 46.1 Å². The molecule has 1 saturated heterocycles. The van der Waals surface area contributed by atoms with Gasteiger partial charge in [0, 0.05) is 44.6 Å². The van der Waals surface area contributed by atoms with Crippen LogP contribution in [0.15, 0.2) is 23.8 Å². The van der Waals surface area contributed by atoms with Crippen LogP contribution in [0.3, 0.4) is 0 Å². The first-order chi connectivity index (χ1) is 29.6. The molecular formula is C48H78O15. The Labute approximate surface area is 374 Å². The summed E-state index contributed by atoms with van der Waals surface area (Å²) in [6.45, 7) is 12.3. The maximum absolute atomic E-state index is 14.8. The second-order valence-corrected chi connectivity index (χ2v) is 18.1. The Morgan fingerprint density at radius 3 is 2.06 bits per heavy atom. The van der Waals surface area contributed by atoms with Crippen LogP contribution >= 0.6 is 0 Å². The van der Waals surface area contributed by atoms with E-state index < -0.39 is 126 Å². The lowest BCUT2D eigenvalue weighted by Crippen LogP contribution is -2.60. The molecule has 0 aromatic heterocycles. The number of aliphatic hydroxyl groups is 4. The highest BCUT2D eigenvalue weighted by molar-refractivity contribution is 5.93. The molecule has 360 valence electrons. The molecule has 63 heavy (non-hydrogen) atoms. The van der Waals surface area contributed by atoms with Gasteiger partial charge in [0.1, 0.15) is 48.7 Å². The van der Waals surface area contributed by atoms with Crippen molar-refractivity contribution >= 4 is 35.3 Å². The van der Waals surface area contributed by atoms with E-state index in [0.29, 0.717) is 6.42 Å². The summed E-state index contributed by atoms with van der Waals surface area (Å²) in [5.41, 5.74) is -4.17. The van der Waals surface area contributed by atoms with E-state index in [1.54, 1.807) is 13.0 Å². The minimum Gasteiger partial charge on any atom is -0.463 e. The molecule has 15 heteroatoms. The second kappa shape index (κ2) is 26.6. The normalized spacial score (nSPS) is 33.4. The standard InChI is InChI=1S/C48H78O15/c1-11-13-14-15-16-17-18-19-20-21-22-24-38(52)61-28-48(58)37(51)26-36(50)30(4)25-31(5)41(62-34(8)49)32(6)39(53)33(7)42(59-10)40(54)46(57)60-27-35(44(48)56)43(55)47(9)45(63-47)29(3)23-12-2/h12,23,25,29-30,32-33,35,37,40-43,45,51,54-55,58H,11,13-22,24,26-28H2,1-10H3/b23-12-,31-25+/t29-,30-,32-,33+,35+,37-,40+,41-,42-,43-,45+,47+,48+/m0/s1. The summed E-state index contributed by atoms with van der Waals surface area (Å²) in [5.74, 6) is -10.8. The number of epoxide rings is 1. The van der Waals surface area contributed by atoms with Crippen molar-refractivity contribution in [3.05, 3.63) is 23.8 Å². The molecule has 13 atom stereocenters. The fourth-order valence-electron chi connectivity index (χ4n) is 8.69. The van der Waals surface area contributed by atoms with Gasteiger partial charge in [0.15, 0.2) is 17.5 Å². The van der Waals surface area contributed by atoms with Gasteiger partial charge in [0.2, 0.25) is 0 Å². The highest BCUT2D eigenvalue weighted by Crippen LogP contribution is 2.47. The van der Waals surface area contributed by atoms with Crippen LogP contribution in [0.1, 0.15) is 146 Å². The molecule has 0 bridgehead atoms. The summed E-state index contributed by atoms with van der Waals surface area (Å²) in [7, 11) is 1.16. The third-order valence-corrected chi connectivity index (χ3v) is 12.8. The smallest absolute Gasteiger partial charge is 0.337 e. The van der Waals surface area contributed by atoms with E-state index in [9.17, 15) is 49.2 Å². The maximum Gasteiger partial charge on any atom is 0.337 e. The van der Waals surface area contributed by atoms with Gasteiger partial charge in [-0.25, -0.2) is 4.79 Å². The molecule has 4 N–H and O–H groups in total. The first-order valence-electron chi connectivity index (χ1n) is 23.0. The zero-order valence-corrected chi connectivity index (χ0v) is 39.5. The van der Waals surface area contributed by atoms with E-state index in [-0.39, 0.29) is 17.9 Å². The van der Waals surface area contributed by atoms with Gasteiger partial charge in [-0.3, -0.25) is 24.0 Å². The molecule has 2 aliphatic heterocycles. The molecule has 2 rings (SSSR count). The maximum atomic E-state index is 14.8. The number of unbranched alkanes of at least 4 members (excludes halogenated alkanes) is 10. The largest absolute Gasteiger partial charge is 0.463 e. The number of esters is 3. The molecule has 0 unspecified atom stereocenters. The number of aliphatic hydroxyl groups excluding tert-OH is 3. The molecule has 0 amide bonds. The van der Waals surface area contributed by atoms with E-state index in [1.807, 2.05) is 13.0 Å². The first-order valence-corrected chi connectivity index (χ1v) is 23.0. The number of hydrogen-bond donors (Lipinski definition) is 4. The average Bonchev–Trinajstić information content (AvgIpc) is 3.95. The van der Waals surface area contributed by atoms with Crippen molar-refractivity contribution in [2.75, 3.05) is 20.3 Å². The Morgan fingerprint density at radius 1 is 0.952 bits per heavy atom. The summed E-state index contributed by atoms with van der Waals surface area (Å²) < 4.78 is 27.7. The van der Waals surface area contributed by atoms with Crippen molar-refractivity contribution in [3.63, 3.8) is 0 Å². The number of allylic oxidation sites excluding steroid dienone is 2. The van der Waals surface area contributed by atoms with Crippen molar-refractivity contribution in [1.82, 2.24) is 0 Å². The Balaban J connectivity index is 2.54. The lowest BCUT2D eigenvalue weighted by Gasteiger charge is -2.36. The second-order valence-electron chi connectivity index (χ2n) is 18.1. The fourth-order valence-corrected chi connectivity index (χ4v) is 8.69. The zero-order valence-electron chi connectivity index (χ0n) is 39.5. The van der Waals surface area contributed by atoms with Gasteiger partial charge in [-0.05, 0) is 32.8 Å². The fraction of sp³-hybridized carbons (Fsp3) is 0.792. The number of ether oxygens (including phenoxy) is 5. The molecule has 1 fully saturated rings. The molecule has 2 aliphatic rings. The predicted octanol–water partition coefficient (Wildman–Crippen LogP) is 5.49. The molecule has 0 spiro atoms. The Morgan fingerprint density at radius 2 is 1.52 bits per heavy atom. The van der Waals surface area contributed by atoms with Gasteiger partial charge in [-0.1, -0.05) is 117 Å². The highest BCUT2D eigenvalue weighted by atomic mass is 16.6. The molecule has 0 radical (unpaired) electrons. The molecule has 2 heterocycles. The van der Waals surface area contributed by atoms with Crippen LogP contribution in [0, 0.1) is 29.6 Å². The summed E-state index contributed by atoms with van der Waals surface area (Å²) in [6, 6.07) is 0. The number of rotatable bonds is 20. The van der Waals surface area contributed by atoms with Crippen LogP contribution in [0.2, 0.25) is 0 Å². The van der Waals surface area contributed by atoms with Crippen molar-refractivity contribution in [3.8, 4) is 0 Å². The first kappa shape index (κ1) is 55.8. The van der Waals surface area contributed by atoms with Crippen molar-refractivity contribution in [2.24, 2.45) is 29.6 Å². The van der Waals surface area contributed by atoms with Gasteiger partial charge in [-0.2, -0.15) is 0 Å². The molecule has 0 saturated carbocycles. The minimum atomic E-state index is -3.02. The summed E-state index contributed by atoms with van der Waals surface area (Å²) in [6.07, 6.45) is 6.30. The number of methoxy groups -OCH3 is 1. The van der Waals surface area contributed by atoms with Gasteiger partial charge < -0.3 is 44.1 Å². The van der Waals surface area contributed by atoms with Crippen LogP contribution in [-0.2, 0) is 52.5 Å². The quantitative estimate of drug-likeness (QED) is 0.0389. The van der Waals surface area contributed by atoms with E-state index in [1.165, 1.54) is 72.8 Å². The van der Waals surface area contributed by atoms with Crippen LogP contribution in [0.5, 0.6) is 0 Å². The van der Waals surface area contributed by atoms with Crippen LogP contribution in [0.4, 0.5) is 0 Å². The lowest BCUT2D eigenvalue weighted by atomic mass is 9.76. The molecule has 0 aliphatic carbocycles. The summed E-state index contributed by atoms with van der Waals surface area (Å²) in [5, 5.41) is 47.1. The van der Waals surface area contributed by atoms with Crippen LogP contribution < -0.4 is 0 Å². The number of cyclic esters (lactones) is 1. The van der Waals surface area contributed by atoms with Gasteiger partial charge in [0.05, 0.1) is 24.0 Å². The summed E-state index contributed by atoms with van der Waals surface area (Å²) >= 11 is 0. The molecule has 15 nitrogen and oxygen atoms in total. The third kappa shape index (κ3) is 15.9. The molecule has 0 aromatic rings. The van der Waals surface area contributed by atoms with Crippen LogP contribution in [-0.4, -0.2) is 124 Å². The number of Topliss-reactive ketones (excluding diaryl/α,β-unsaturated/α-hetero) is 3. The van der Waals surface area contributed by atoms with Gasteiger partial charge >= 0.3 is 17.9 Å². The number of hydrogen-bond acceptors (Lipinski definition) is 15. The monoisotopic (exact) mass is 895 g/mol. The third-order valence-electron chi connectivity index (χ3n) is 12.8. The summed E-state index contributed by atoms with van der Waals surface area (Å²) in [4.78, 5) is 81.2. The topological polar surface area (TPSA) is 233 Å². The molecule has 0 aromatic carbocycles. The number of ketones is 3. The van der Waals surface area contributed by atoms with E-state index >= 15 is 0 Å². The zero-order chi connectivity index (χ0) is 47.7. The van der Waals surface area contributed by atoms with Crippen molar-refractivity contribution in [2.45, 2.75) is 194 Å². The Hall–Kier alpha value is -3.34. The molecular weight excluding hydrogens is 817 g/mol. The van der Waals surface area contributed by atoms with Gasteiger partial charge in [-0.15, -0.1) is 0 Å². The lowest BCUT2D eigenvalue weighted by molar-refractivity contribution is -0.181. The van der Waals surface area contributed by atoms with Crippen molar-refractivity contribution in [1.29, 1.82) is 0 Å². The van der Waals surface area contributed by atoms with E-state index in [4.69, 9.17) is 23.7 Å². The van der Waals surface area contributed by atoms with Crippen molar-refractivity contribution < 1.29 is 72.9 Å².